The van der Waals surface area contributed by atoms with E-state index in [2.05, 4.69) is 25.1 Å². The lowest BCUT2D eigenvalue weighted by molar-refractivity contribution is -0.0288. The Morgan fingerprint density at radius 3 is 2.80 bits per heavy atom. The minimum absolute atomic E-state index is 0.215. The fourth-order valence-electron chi connectivity index (χ4n) is 3.59. The maximum absolute atomic E-state index is 6.29. The maximum atomic E-state index is 6.29. The normalized spacial score (nSPS) is 31.1. The number of ether oxygens (including phenoxy) is 1. The SMILES string of the molecule is C1=CC(CCO[C@H]2CCCC[C@@H]2N2CCCC2)=CC=I1. The van der Waals surface area contributed by atoms with Crippen LogP contribution in [0.3, 0.4) is 0 Å². The second-order valence-electron chi connectivity index (χ2n) is 6.04. The predicted octanol–water partition coefficient (Wildman–Crippen LogP) is 4.03. The van der Waals surface area contributed by atoms with Gasteiger partial charge in [0.2, 0.25) is 0 Å². The van der Waals surface area contributed by atoms with Crippen LogP contribution in [0.2, 0.25) is 0 Å². The van der Waals surface area contributed by atoms with Gasteiger partial charge in [0.05, 0.1) is 12.7 Å². The number of halogens is 1. The highest BCUT2D eigenvalue weighted by atomic mass is 127. The van der Waals surface area contributed by atoms with Crippen molar-refractivity contribution in [2.75, 3.05) is 19.7 Å². The molecule has 3 heteroatoms. The van der Waals surface area contributed by atoms with E-state index >= 15 is 0 Å². The summed E-state index contributed by atoms with van der Waals surface area (Å²) in [6.45, 7) is 3.51. The van der Waals surface area contributed by atoms with Gasteiger partial charge in [-0.25, -0.2) is 0 Å². The van der Waals surface area contributed by atoms with Crippen molar-refractivity contribution in [3.63, 3.8) is 0 Å². The Balaban J connectivity index is 1.48. The number of hydrogen-bond donors (Lipinski definition) is 0. The average molecular weight is 387 g/mol. The monoisotopic (exact) mass is 387 g/mol. The first-order valence-electron chi connectivity index (χ1n) is 8.10. The molecule has 1 saturated heterocycles. The van der Waals surface area contributed by atoms with Crippen LogP contribution >= 0.6 is 20.7 Å². The molecule has 2 heterocycles. The van der Waals surface area contributed by atoms with Gasteiger partial charge in [-0.05, 0) is 58.9 Å². The Hall–Kier alpha value is 0. The quantitative estimate of drug-likeness (QED) is 0.661. The molecular weight excluding hydrogens is 361 g/mol. The molecule has 0 aromatic carbocycles. The Bertz CT molecular complexity index is 396. The van der Waals surface area contributed by atoms with Crippen LogP contribution in [0.1, 0.15) is 44.9 Å². The molecular formula is C17H26INO. The molecule has 0 unspecified atom stereocenters. The topological polar surface area (TPSA) is 12.5 Å². The van der Waals surface area contributed by atoms with Gasteiger partial charge in [-0.2, -0.15) is 0 Å². The maximum Gasteiger partial charge on any atom is 0.0730 e. The third-order valence-corrected chi connectivity index (χ3v) is 6.25. The summed E-state index contributed by atoms with van der Waals surface area (Å²) in [4.78, 5) is 2.70. The summed E-state index contributed by atoms with van der Waals surface area (Å²) in [7, 11) is 0. The Morgan fingerprint density at radius 1 is 1.15 bits per heavy atom. The molecule has 2 nitrogen and oxygen atoms in total. The zero-order valence-electron chi connectivity index (χ0n) is 12.3. The van der Waals surface area contributed by atoms with Crippen LogP contribution in [0.15, 0.2) is 21.8 Å². The molecule has 0 aromatic rings. The van der Waals surface area contributed by atoms with E-state index in [-0.39, 0.29) is 20.7 Å². The van der Waals surface area contributed by atoms with Crippen LogP contribution in [0.5, 0.6) is 0 Å². The number of rotatable bonds is 5. The molecule has 1 aliphatic carbocycles. The molecule has 0 aromatic heterocycles. The van der Waals surface area contributed by atoms with E-state index < -0.39 is 0 Å². The average Bonchev–Trinajstić information content (AvgIpc) is 3.03. The van der Waals surface area contributed by atoms with Gasteiger partial charge in [-0.15, -0.1) is 0 Å². The highest BCUT2D eigenvalue weighted by molar-refractivity contribution is 14.2. The van der Waals surface area contributed by atoms with Crippen molar-refractivity contribution in [3.05, 3.63) is 21.8 Å². The Kier molecular flexibility index (Phi) is 5.86. The summed E-state index contributed by atoms with van der Waals surface area (Å²) in [6.07, 6.45) is 14.3. The lowest BCUT2D eigenvalue weighted by atomic mass is 9.91. The van der Waals surface area contributed by atoms with Gasteiger partial charge in [-0.3, -0.25) is 4.90 Å². The molecule has 3 rings (SSSR count). The van der Waals surface area contributed by atoms with Gasteiger partial charge >= 0.3 is 0 Å². The highest BCUT2D eigenvalue weighted by Crippen LogP contribution is 2.28. The third kappa shape index (κ3) is 4.01. The predicted molar refractivity (Wildman–Crippen MR) is 94.7 cm³/mol. The van der Waals surface area contributed by atoms with Crippen molar-refractivity contribution in [1.82, 2.24) is 4.90 Å². The lowest BCUT2D eigenvalue weighted by Gasteiger charge is -2.37. The van der Waals surface area contributed by atoms with E-state index in [1.165, 1.54) is 57.2 Å². The summed E-state index contributed by atoms with van der Waals surface area (Å²) >= 11 is 0.215. The summed E-state index contributed by atoms with van der Waals surface area (Å²) in [5, 5.41) is 0. The molecule has 0 amide bonds. The van der Waals surface area contributed by atoms with Crippen LogP contribution < -0.4 is 0 Å². The minimum Gasteiger partial charge on any atom is -0.376 e. The molecule has 0 bridgehead atoms. The molecule has 0 radical (unpaired) electrons. The van der Waals surface area contributed by atoms with Crippen molar-refractivity contribution >= 4 is 24.7 Å². The number of allylic oxidation sites excluding steroid dienone is 2. The molecule has 0 N–H and O–H groups in total. The van der Waals surface area contributed by atoms with Crippen LogP contribution in [-0.2, 0) is 4.74 Å². The summed E-state index contributed by atoms with van der Waals surface area (Å²) in [5.41, 5.74) is 1.45. The molecule has 2 atom stereocenters. The van der Waals surface area contributed by atoms with Gasteiger partial charge in [0.15, 0.2) is 0 Å². The molecule has 3 aliphatic rings. The van der Waals surface area contributed by atoms with E-state index in [0.717, 1.165) is 13.0 Å². The third-order valence-electron chi connectivity index (χ3n) is 4.70. The van der Waals surface area contributed by atoms with Crippen molar-refractivity contribution in [1.29, 1.82) is 0 Å². The van der Waals surface area contributed by atoms with E-state index in [1.54, 1.807) is 0 Å². The van der Waals surface area contributed by atoms with Gasteiger partial charge in [0, 0.05) is 6.04 Å². The van der Waals surface area contributed by atoms with Gasteiger partial charge in [-0.1, -0.05) is 45.7 Å². The molecule has 20 heavy (non-hydrogen) atoms. The lowest BCUT2D eigenvalue weighted by Crippen LogP contribution is -2.45. The van der Waals surface area contributed by atoms with E-state index in [0.29, 0.717) is 12.1 Å². The number of nitrogens with zero attached hydrogens (tertiary/aromatic N) is 1. The first-order chi connectivity index (χ1) is 9.93. The fraction of sp³-hybridized carbons (Fsp3) is 0.706. The summed E-state index contributed by atoms with van der Waals surface area (Å²) in [5.74, 6) is 0. The molecule has 2 aliphatic heterocycles. The zero-order valence-corrected chi connectivity index (χ0v) is 14.4. The number of likely N-dealkylation sites (tertiary alicyclic amines) is 1. The van der Waals surface area contributed by atoms with Crippen molar-refractivity contribution in [3.8, 4) is 0 Å². The summed E-state index contributed by atoms with van der Waals surface area (Å²) < 4.78 is 11.0. The fourth-order valence-corrected chi connectivity index (χ4v) is 5.17. The van der Waals surface area contributed by atoms with Crippen molar-refractivity contribution < 1.29 is 4.74 Å². The van der Waals surface area contributed by atoms with Crippen molar-refractivity contribution in [2.45, 2.75) is 57.1 Å². The second-order valence-corrected chi connectivity index (χ2v) is 8.20. The van der Waals surface area contributed by atoms with E-state index in [4.69, 9.17) is 4.74 Å². The van der Waals surface area contributed by atoms with Crippen molar-refractivity contribution in [2.24, 2.45) is 0 Å². The Labute approximate surface area is 133 Å². The second kappa shape index (κ2) is 7.85. The van der Waals surface area contributed by atoms with Gasteiger partial charge < -0.3 is 4.74 Å². The number of hydrogen-bond acceptors (Lipinski definition) is 2. The summed E-state index contributed by atoms with van der Waals surface area (Å²) in [6, 6.07) is 0.708. The van der Waals surface area contributed by atoms with E-state index in [1.807, 2.05) is 0 Å². The van der Waals surface area contributed by atoms with Crippen LogP contribution in [-0.4, -0.2) is 40.8 Å². The van der Waals surface area contributed by atoms with Crippen LogP contribution in [0.25, 0.3) is 0 Å². The first-order valence-corrected chi connectivity index (χ1v) is 10.6. The Morgan fingerprint density at radius 2 is 2.00 bits per heavy atom. The molecule has 112 valence electrons. The largest absolute Gasteiger partial charge is 0.376 e. The minimum atomic E-state index is 0.215. The first kappa shape index (κ1) is 14.9. The van der Waals surface area contributed by atoms with Gasteiger partial charge in [0.1, 0.15) is 0 Å². The van der Waals surface area contributed by atoms with Crippen LogP contribution in [0, 0.1) is 0 Å². The molecule has 0 spiro atoms. The highest BCUT2D eigenvalue weighted by Gasteiger charge is 2.31. The standard InChI is InChI=1S/C17H26INO/c1-2-6-17(16(5-1)19-12-3-4-13-19)20-14-9-15-7-10-18-11-8-15/h7-8,10-11,16-17H,1-6,9,12-14H2/t16-,17-/m0/s1. The molecule has 2 fully saturated rings. The smallest absolute Gasteiger partial charge is 0.0730 e. The molecule has 1 saturated carbocycles. The van der Waals surface area contributed by atoms with Crippen LogP contribution in [0.4, 0.5) is 0 Å². The van der Waals surface area contributed by atoms with E-state index in [9.17, 15) is 0 Å². The zero-order chi connectivity index (χ0) is 13.6. The van der Waals surface area contributed by atoms with Gasteiger partial charge in [0.25, 0.3) is 0 Å².